The van der Waals surface area contributed by atoms with Crippen LogP contribution >= 0.6 is 23.1 Å². The molecule has 0 radical (unpaired) electrons. The van der Waals surface area contributed by atoms with Crippen LogP contribution in [-0.2, 0) is 12.4 Å². The number of ether oxygens (including phenoxy) is 1. The smallest absolute Gasteiger partial charge is 0.277 e. The van der Waals surface area contributed by atoms with E-state index in [4.69, 9.17) is 14.1 Å². The molecule has 2 aromatic heterocycles. The van der Waals surface area contributed by atoms with Crippen molar-refractivity contribution < 1.29 is 9.15 Å². The first kappa shape index (κ1) is 19.7. The predicted octanol–water partition coefficient (Wildman–Crippen LogP) is 5.99. The zero-order valence-corrected chi connectivity index (χ0v) is 18.1. The highest BCUT2D eigenvalue weighted by Crippen LogP contribution is 2.28. The molecule has 0 saturated heterocycles. The summed E-state index contributed by atoms with van der Waals surface area (Å²) in [4.78, 5) is 4.71. The second kappa shape index (κ2) is 8.80. The molecule has 0 spiro atoms. The van der Waals surface area contributed by atoms with Crippen LogP contribution in [0, 0.1) is 20.8 Å². The van der Waals surface area contributed by atoms with Crippen LogP contribution in [0.1, 0.15) is 28.3 Å². The number of benzene rings is 2. The molecule has 0 atom stereocenters. The molecule has 148 valence electrons. The van der Waals surface area contributed by atoms with Gasteiger partial charge in [-0.25, -0.2) is 4.98 Å². The lowest BCUT2D eigenvalue weighted by atomic mass is 10.1. The summed E-state index contributed by atoms with van der Waals surface area (Å²) in [6.07, 6.45) is 0. The molecule has 7 heteroatoms. The summed E-state index contributed by atoms with van der Waals surface area (Å²) in [5.41, 5.74) is 5.62. The second-order valence-corrected chi connectivity index (χ2v) is 8.60. The summed E-state index contributed by atoms with van der Waals surface area (Å²) in [7, 11) is 0. The molecular weight excluding hydrogens is 402 g/mol. The Morgan fingerprint density at radius 3 is 2.62 bits per heavy atom. The molecule has 29 heavy (non-hydrogen) atoms. The highest BCUT2D eigenvalue weighted by atomic mass is 32.2. The lowest BCUT2D eigenvalue weighted by Crippen LogP contribution is -1.97. The maximum atomic E-state index is 5.82. The first-order valence-electron chi connectivity index (χ1n) is 9.23. The first-order valence-corrected chi connectivity index (χ1v) is 11.1. The third kappa shape index (κ3) is 5.05. The minimum atomic E-state index is 0.256. The largest absolute Gasteiger partial charge is 0.484 e. The normalized spacial score (nSPS) is 11.0. The Kier molecular flexibility index (Phi) is 5.97. The van der Waals surface area contributed by atoms with E-state index in [1.54, 1.807) is 11.3 Å². The Hall–Kier alpha value is -2.64. The number of hydrogen-bond acceptors (Lipinski definition) is 7. The van der Waals surface area contributed by atoms with Crippen molar-refractivity contribution in [2.75, 3.05) is 0 Å². The van der Waals surface area contributed by atoms with Gasteiger partial charge in [0, 0.05) is 16.7 Å². The number of aryl methyl sites for hydroxylation is 3. The summed E-state index contributed by atoms with van der Waals surface area (Å²) in [5.74, 6) is 1.98. The van der Waals surface area contributed by atoms with Gasteiger partial charge in [-0.15, -0.1) is 21.5 Å². The summed E-state index contributed by atoms with van der Waals surface area (Å²) in [5, 5.41) is 11.8. The molecule has 0 aliphatic carbocycles. The quantitative estimate of drug-likeness (QED) is 0.340. The second-order valence-electron chi connectivity index (χ2n) is 6.82. The van der Waals surface area contributed by atoms with Crippen molar-refractivity contribution in [3.63, 3.8) is 0 Å². The van der Waals surface area contributed by atoms with Crippen LogP contribution in [0.3, 0.4) is 0 Å². The van der Waals surface area contributed by atoms with Gasteiger partial charge in [0.05, 0.1) is 5.69 Å². The van der Waals surface area contributed by atoms with E-state index in [-0.39, 0.29) is 6.61 Å². The van der Waals surface area contributed by atoms with E-state index in [9.17, 15) is 0 Å². The van der Waals surface area contributed by atoms with Gasteiger partial charge in [0.25, 0.3) is 11.1 Å². The Morgan fingerprint density at radius 1 is 1.00 bits per heavy atom. The minimum absolute atomic E-state index is 0.256. The van der Waals surface area contributed by atoms with Gasteiger partial charge in [0.1, 0.15) is 10.8 Å². The monoisotopic (exact) mass is 423 g/mol. The van der Waals surface area contributed by atoms with E-state index in [2.05, 4.69) is 52.8 Å². The average Bonchev–Trinajstić information content (AvgIpc) is 3.37. The van der Waals surface area contributed by atoms with Gasteiger partial charge in [-0.2, -0.15) is 0 Å². The Bertz CT molecular complexity index is 1100. The third-order valence-corrected chi connectivity index (χ3v) is 6.13. The van der Waals surface area contributed by atoms with Crippen LogP contribution in [0.15, 0.2) is 57.5 Å². The van der Waals surface area contributed by atoms with Crippen LogP contribution in [-0.4, -0.2) is 15.2 Å². The van der Waals surface area contributed by atoms with Crippen molar-refractivity contribution in [1.29, 1.82) is 0 Å². The maximum Gasteiger partial charge on any atom is 0.277 e. The summed E-state index contributed by atoms with van der Waals surface area (Å²) >= 11 is 3.13. The lowest BCUT2D eigenvalue weighted by Gasteiger charge is -2.07. The number of aromatic nitrogens is 3. The highest BCUT2D eigenvalue weighted by molar-refractivity contribution is 7.98. The summed E-state index contributed by atoms with van der Waals surface area (Å²) in [6, 6.07) is 14.5. The molecule has 0 fully saturated rings. The molecule has 0 amide bonds. The van der Waals surface area contributed by atoms with Gasteiger partial charge in [-0.1, -0.05) is 53.7 Å². The maximum absolute atomic E-state index is 5.82. The molecular formula is C22H21N3O2S2. The zero-order valence-electron chi connectivity index (χ0n) is 16.5. The van der Waals surface area contributed by atoms with Crippen molar-refractivity contribution in [2.45, 2.75) is 38.4 Å². The van der Waals surface area contributed by atoms with Gasteiger partial charge in [-0.05, 0) is 38.0 Å². The molecule has 0 bridgehead atoms. The molecule has 4 aromatic rings. The molecule has 0 N–H and O–H groups in total. The molecule has 0 aliphatic heterocycles. The minimum Gasteiger partial charge on any atom is -0.484 e. The van der Waals surface area contributed by atoms with E-state index in [0.29, 0.717) is 16.9 Å². The van der Waals surface area contributed by atoms with Crippen LogP contribution < -0.4 is 4.74 Å². The van der Waals surface area contributed by atoms with E-state index in [0.717, 1.165) is 33.1 Å². The number of thioether (sulfide) groups is 1. The van der Waals surface area contributed by atoms with Crippen molar-refractivity contribution in [3.05, 3.63) is 76.1 Å². The molecule has 5 nitrogen and oxygen atoms in total. The van der Waals surface area contributed by atoms with E-state index in [1.165, 1.54) is 17.3 Å². The molecule has 0 aliphatic rings. The van der Waals surface area contributed by atoms with E-state index < -0.39 is 0 Å². The van der Waals surface area contributed by atoms with Crippen molar-refractivity contribution in [3.8, 4) is 16.3 Å². The lowest BCUT2D eigenvalue weighted by molar-refractivity contribution is 0.250. The van der Waals surface area contributed by atoms with Gasteiger partial charge in [-0.3, -0.25) is 0 Å². The summed E-state index contributed by atoms with van der Waals surface area (Å²) < 4.78 is 11.5. The van der Waals surface area contributed by atoms with Crippen molar-refractivity contribution in [1.82, 2.24) is 15.2 Å². The van der Waals surface area contributed by atoms with E-state index in [1.807, 2.05) is 26.0 Å². The number of thiazole rings is 1. The van der Waals surface area contributed by atoms with Gasteiger partial charge in [0.15, 0.2) is 6.61 Å². The van der Waals surface area contributed by atoms with Crippen LogP contribution in [0.5, 0.6) is 5.75 Å². The fourth-order valence-electron chi connectivity index (χ4n) is 2.69. The molecule has 0 saturated carbocycles. The van der Waals surface area contributed by atoms with Crippen LogP contribution in [0.4, 0.5) is 0 Å². The van der Waals surface area contributed by atoms with Crippen molar-refractivity contribution >= 4 is 23.1 Å². The standard InChI is InChI=1S/C22H21N3O2S2/c1-14-5-8-17(9-6-14)21-23-18(12-28-21)13-29-22-25-24-20(27-22)11-26-19-10-15(2)4-7-16(19)3/h4-10,12H,11,13H2,1-3H3. The molecule has 0 unspecified atom stereocenters. The van der Waals surface area contributed by atoms with Crippen LogP contribution in [0.25, 0.3) is 10.6 Å². The fourth-order valence-corrected chi connectivity index (χ4v) is 4.30. The fraction of sp³-hybridized carbons (Fsp3) is 0.227. The topological polar surface area (TPSA) is 61.0 Å². The highest BCUT2D eigenvalue weighted by Gasteiger charge is 2.11. The first-order chi connectivity index (χ1) is 14.1. The van der Waals surface area contributed by atoms with Gasteiger partial charge < -0.3 is 9.15 Å². The average molecular weight is 424 g/mol. The van der Waals surface area contributed by atoms with Gasteiger partial charge >= 0.3 is 0 Å². The zero-order chi connectivity index (χ0) is 20.2. The number of nitrogens with zero attached hydrogens (tertiary/aromatic N) is 3. The molecule has 2 aromatic carbocycles. The van der Waals surface area contributed by atoms with Crippen LogP contribution in [0.2, 0.25) is 0 Å². The summed E-state index contributed by atoms with van der Waals surface area (Å²) in [6.45, 7) is 6.39. The number of rotatable bonds is 7. The molecule has 2 heterocycles. The predicted molar refractivity (Wildman–Crippen MR) is 116 cm³/mol. The Balaban J connectivity index is 1.33. The van der Waals surface area contributed by atoms with E-state index >= 15 is 0 Å². The number of hydrogen-bond donors (Lipinski definition) is 0. The van der Waals surface area contributed by atoms with Gasteiger partial charge in [0.2, 0.25) is 0 Å². The SMILES string of the molecule is Cc1ccc(-c2nc(CSc3nnc(COc4cc(C)ccc4C)o3)cs2)cc1. The molecule has 4 rings (SSSR count). The Morgan fingerprint density at radius 2 is 1.79 bits per heavy atom. The third-order valence-electron chi connectivity index (χ3n) is 4.34. The Labute approximate surface area is 178 Å². The van der Waals surface area contributed by atoms with Crippen molar-refractivity contribution in [2.24, 2.45) is 0 Å².